The van der Waals surface area contributed by atoms with E-state index in [2.05, 4.69) is 33.8 Å². The van der Waals surface area contributed by atoms with Crippen LogP contribution in [0, 0.1) is 0 Å². The summed E-state index contributed by atoms with van der Waals surface area (Å²) < 4.78 is 1.07. The summed E-state index contributed by atoms with van der Waals surface area (Å²) in [7, 11) is 0. The maximum Gasteiger partial charge on any atom is 0.304 e. The van der Waals surface area contributed by atoms with Crippen molar-refractivity contribution >= 4 is 21.9 Å². The highest BCUT2D eigenvalue weighted by Gasteiger charge is 2.16. The minimum Gasteiger partial charge on any atom is -0.481 e. The number of carboxylic acid groups (broad SMARTS) is 1. The van der Waals surface area contributed by atoms with Crippen LogP contribution < -0.4 is 0 Å². The van der Waals surface area contributed by atoms with Gasteiger partial charge in [0.25, 0.3) is 0 Å². The Labute approximate surface area is 111 Å². The highest BCUT2D eigenvalue weighted by atomic mass is 79.9. The Kier molecular flexibility index (Phi) is 5.65. The maximum absolute atomic E-state index is 10.7. The molecule has 0 heterocycles. The fourth-order valence-corrected chi connectivity index (χ4v) is 2.22. The van der Waals surface area contributed by atoms with Crippen molar-refractivity contribution in [1.82, 2.24) is 4.90 Å². The van der Waals surface area contributed by atoms with Crippen molar-refractivity contribution in [1.29, 1.82) is 0 Å². The van der Waals surface area contributed by atoms with E-state index in [-0.39, 0.29) is 12.5 Å². The van der Waals surface area contributed by atoms with E-state index in [1.54, 1.807) is 0 Å². The molecule has 1 aromatic rings. The van der Waals surface area contributed by atoms with E-state index in [0.29, 0.717) is 0 Å². The van der Waals surface area contributed by atoms with E-state index in [1.165, 1.54) is 5.56 Å². The fourth-order valence-electron chi connectivity index (χ4n) is 1.81. The second-order valence-electron chi connectivity index (χ2n) is 4.10. The molecule has 1 unspecified atom stereocenters. The van der Waals surface area contributed by atoms with Crippen LogP contribution >= 0.6 is 15.9 Å². The van der Waals surface area contributed by atoms with Crippen molar-refractivity contribution in [2.45, 2.75) is 32.9 Å². The molecule has 0 radical (unpaired) electrons. The molecule has 0 fully saturated rings. The predicted molar refractivity (Wildman–Crippen MR) is 71.9 cm³/mol. The zero-order chi connectivity index (χ0) is 12.8. The molecule has 0 spiro atoms. The second kappa shape index (κ2) is 6.77. The number of halogens is 1. The van der Waals surface area contributed by atoms with Gasteiger partial charge in [0.1, 0.15) is 0 Å². The number of nitrogens with zero attached hydrogens (tertiary/aromatic N) is 1. The zero-order valence-electron chi connectivity index (χ0n) is 10.2. The minimum atomic E-state index is -0.747. The molecule has 0 aliphatic rings. The molecule has 0 aromatic heterocycles. The SMILES string of the molecule is CCN(Cc1ccccc1Br)C(C)CC(=O)O. The molecule has 0 saturated heterocycles. The van der Waals surface area contributed by atoms with Crippen LogP contribution in [0.2, 0.25) is 0 Å². The maximum atomic E-state index is 10.7. The Hall–Kier alpha value is -0.870. The number of carbonyl (C=O) groups is 1. The number of carboxylic acids is 1. The van der Waals surface area contributed by atoms with E-state index in [9.17, 15) is 4.79 Å². The van der Waals surface area contributed by atoms with E-state index in [1.807, 2.05) is 25.1 Å². The number of benzene rings is 1. The predicted octanol–water partition coefficient (Wildman–Crippen LogP) is 3.13. The molecule has 0 saturated carbocycles. The monoisotopic (exact) mass is 299 g/mol. The van der Waals surface area contributed by atoms with Gasteiger partial charge in [0.2, 0.25) is 0 Å². The average Bonchev–Trinajstić information content (AvgIpc) is 2.27. The summed E-state index contributed by atoms with van der Waals surface area (Å²) in [5, 5.41) is 8.81. The highest BCUT2D eigenvalue weighted by Crippen LogP contribution is 2.19. The third-order valence-electron chi connectivity index (χ3n) is 2.83. The van der Waals surface area contributed by atoms with Gasteiger partial charge in [-0.1, -0.05) is 41.1 Å². The first-order chi connectivity index (χ1) is 8.04. The van der Waals surface area contributed by atoms with Crippen LogP contribution in [0.15, 0.2) is 28.7 Å². The van der Waals surface area contributed by atoms with Crippen LogP contribution in [0.1, 0.15) is 25.8 Å². The number of rotatable bonds is 6. The lowest BCUT2D eigenvalue weighted by Crippen LogP contribution is -2.34. The average molecular weight is 300 g/mol. The molecule has 94 valence electrons. The summed E-state index contributed by atoms with van der Waals surface area (Å²) in [5.74, 6) is -0.747. The van der Waals surface area contributed by atoms with Gasteiger partial charge in [0, 0.05) is 17.1 Å². The lowest BCUT2D eigenvalue weighted by Gasteiger charge is -2.27. The molecule has 3 nitrogen and oxygen atoms in total. The van der Waals surface area contributed by atoms with Crippen LogP contribution in [0.25, 0.3) is 0 Å². The summed E-state index contributed by atoms with van der Waals surface area (Å²) >= 11 is 3.51. The molecule has 0 amide bonds. The van der Waals surface area contributed by atoms with E-state index in [0.717, 1.165) is 17.6 Å². The Morgan fingerprint density at radius 2 is 2.12 bits per heavy atom. The minimum absolute atomic E-state index is 0.0459. The zero-order valence-corrected chi connectivity index (χ0v) is 11.8. The number of aliphatic carboxylic acids is 1. The van der Waals surface area contributed by atoms with Crippen LogP contribution in [0.3, 0.4) is 0 Å². The smallest absolute Gasteiger partial charge is 0.304 e. The molecule has 1 N–H and O–H groups in total. The van der Waals surface area contributed by atoms with Gasteiger partial charge in [-0.05, 0) is 25.1 Å². The Bertz CT molecular complexity index is 381. The molecular formula is C13H18BrNO2. The summed E-state index contributed by atoms with van der Waals surface area (Å²) in [6, 6.07) is 8.08. The fraction of sp³-hybridized carbons (Fsp3) is 0.462. The molecule has 0 aliphatic carbocycles. The standard InChI is InChI=1S/C13H18BrNO2/c1-3-15(10(2)8-13(16)17)9-11-6-4-5-7-12(11)14/h4-7,10H,3,8-9H2,1-2H3,(H,16,17). The molecule has 1 rings (SSSR count). The third kappa shape index (κ3) is 4.48. The quantitative estimate of drug-likeness (QED) is 0.877. The third-order valence-corrected chi connectivity index (χ3v) is 3.60. The van der Waals surface area contributed by atoms with Gasteiger partial charge in [0.15, 0.2) is 0 Å². The van der Waals surface area contributed by atoms with Crippen molar-refractivity contribution in [3.63, 3.8) is 0 Å². The lowest BCUT2D eigenvalue weighted by atomic mass is 10.1. The van der Waals surface area contributed by atoms with Gasteiger partial charge < -0.3 is 5.11 Å². The second-order valence-corrected chi connectivity index (χ2v) is 4.96. The molecule has 0 bridgehead atoms. The number of hydrogen-bond donors (Lipinski definition) is 1. The summed E-state index contributed by atoms with van der Waals surface area (Å²) in [5.41, 5.74) is 1.19. The lowest BCUT2D eigenvalue weighted by molar-refractivity contribution is -0.138. The van der Waals surface area contributed by atoms with Crippen LogP contribution in [0.4, 0.5) is 0 Å². The molecular weight excluding hydrogens is 282 g/mol. The van der Waals surface area contributed by atoms with Crippen molar-refractivity contribution < 1.29 is 9.90 Å². The topological polar surface area (TPSA) is 40.5 Å². The normalized spacial score (nSPS) is 12.7. The molecule has 1 atom stereocenters. The Morgan fingerprint density at radius 3 is 2.65 bits per heavy atom. The summed E-state index contributed by atoms with van der Waals surface area (Å²) in [4.78, 5) is 12.9. The van der Waals surface area contributed by atoms with Gasteiger partial charge in [-0.25, -0.2) is 0 Å². The van der Waals surface area contributed by atoms with Gasteiger partial charge in [-0.2, -0.15) is 0 Å². The van der Waals surface area contributed by atoms with Crippen molar-refractivity contribution in [2.75, 3.05) is 6.54 Å². The first-order valence-electron chi connectivity index (χ1n) is 5.73. The molecule has 17 heavy (non-hydrogen) atoms. The van der Waals surface area contributed by atoms with Crippen molar-refractivity contribution in [2.24, 2.45) is 0 Å². The molecule has 1 aromatic carbocycles. The van der Waals surface area contributed by atoms with Gasteiger partial charge in [-0.15, -0.1) is 0 Å². The van der Waals surface area contributed by atoms with Crippen molar-refractivity contribution in [3.05, 3.63) is 34.3 Å². The Balaban J connectivity index is 2.70. The van der Waals surface area contributed by atoms with Crippen LogP contribution in [-0.4, -0.2) is 28.6 Å². The van der Waals surface area contributed by atoms with Crippen LogP contribution in [0.5, 0.6) is 0 Å². The van der Waals surface area contributed by atoms with Crippen LogP contribution in [-0.2, 0) is 11.3 Å². The largest absolute Gasteiger partial charge is 0.481 e. The highest BCUT2D eigenvalue weighted by molar-refractivity contribution is 9.10. The first kappa shape index (κ1) is 14.2. The van der Waals surface area contributed by atoms with E-state index in [4.69, 9.17) is 5.11 Å². The summed E-state index contributed by atoms with van der Waals surface area (Å²) in [6.45, 7) is 5.62. The van der Waals surface area contributed by atoms with E-state index >= 15 is 0 Å². The Morgan fingerprint density at radius 1 is 1.47 bits per heavy atom. The van der Waals surface area contributed by atoms with Gasteiger partial charge in [-0.3, -0.25) is 9.69 Å². The number of hydrogen-bond acceptors (Lipinski definition) is 2. The van der Waals surface area contributed by atoms with Crippen molar-refractivity contribution in [3.8, 4) is 0 Å². The van der Waals surface area contributed by atoms with Gasteiger partial charge >= 0.3 is 5.97 Å². The molecule has 0 aliphatic heterocycles. The first-order valence-corrected chi connectivity index (χ1v) is 6.53. The van der Waals surface area contributed by atoms with E-state index < -0.39 is 5.97 Å². The molecule has 4 heteroatoms. The van der Waals surface area contributed by atoms with Gasteiger partial charge in [0.05, 0.1) is 6.42 Å². The summed E-state index contributed by atoms with van der Waals surface area (Å²) in [6.07, 6.45) is 0.179.